The first-order valence-electron chi connectivity index (χ1n) is 11.2. The summed E-state index contributed by atoms with van der Waals surface area (Å²) in [5, 5.41) is 50.5. The van der Waals surface area contributed by atoms with Crippen LogP contribution in [0.15, 0.2) is 48.7 Å². The fourth-order valence-corrected chi connectivity index (χ4v) is 4.88. The molecule has 2 fully saturated rings. The topological polar surface area (TPSA) is 155 Å². The molecule has 3 aliphatic rings. The molecule has 0 radical (unpaired) electrons. The van der Waals surface area contributed by atoms with Gasteiger partial charge in [0.25, 0.3) is 0 Å². The van der Waals surface area contributed by atoms with Crippen LogP contribution in [0.2, 0.25) is 0 Å². The number of ether oxygens (including phenoxy) is 4. The summed E-state index contributed by atoms with van der Waals surface area (Å²) in [6, 6.07) is 9.23. The quantitative estimate of drug-likeness (QED) is 0.271. The Labute approximate surface area is 196 Å². The minimum absolute atomic E-state index is 0.121. The van der Waals surface area contributed by atoms with Crippen molar-refractivity contribution in [2.24, 2.45) is 11.8 Å². The molecule has 1 aliphatic carbocycles. The summed E-state index contributed by atoms with van der Waals surface area (Å²) in [5.74, 6) is -1.76. The number of esters is 1. The normalized spacial score (nSPS) is 41.8. The predicted molar refractivity (Wildman–Crippen MR) is 116 cm³/mol. The van der Waals surface area contributed by atoms with Crippen LogP contribution in [0.5, 0.6) is 0 Å². The molecule has 0 bridgehead atoms. The van der Waals surface area contributed by atoms with Crippen LogP contribution in [0, 0.1) is 11.8 Å². The summed E-state index contributed by atoms with van der Waals surface area (Å²) in [7, 11) is 0. The highest BCUT2D eigenvalue weighted by Crippen LogP contribution is 2.49. The molecule has 5 N–H and O–H groups in total. The summed E-state index contributed by atoms with van der Waals surface area (Å²) >= 11 is 0. The number of hydrogen-bond donors (Lipinski definition) is 5. The van der Waals surface area contributed by atoms with E-state index in [-0.39, 0.29) is 6.42 Å². The largest absolute Gasteiger partial charge is 0.472 e. The molecular formula is C24H30O10. The van der Waals surface area contributed by atoms with Crippen molar-refractivity contribution in [3.8, 4) is 0 Å². The number of hydrogen-bond acceptors (Lipinski definition) is 10. The van der Waals surface area contributed by atoms with Gasteiger partial charge in [-0.25, -0.2) is 4.79 Å². The van der Waals surface area contributed by atoms with Crippen LogP contribution in [0.1, 0.15) is 18.9 Å². The molecule has 10 nitrogen and oxygen atoms in total. The zero-order chi connectivity index (χ0) is 24.5. The van der Waals surface area contributed by atoms with Gasteiger partial charge in [-0.3, -0.25) is 0 Å². The molecule has 186 valence electrons. The fourth-order valence-electron chi connectivity index (χ4n) is 4.88. The van der Waals surface area contributed by atoms with Gasteiger partial charge >= 0.3 is 5.97 Å². The van der Waals surface area contributed by atoms with Gasteiger partial charge in [0.05, 0.1) is 24.9 Å². The minimum atomic E-state index is -1.63. The highest BCUT2D eigenvalue weighted by molar-refractivity contribution is 5.87. The number of aliphatic hydroxyl groups is 5. The van der Waals surface area contributed by atoms with Crippen LogP contribution in [-0.2, 0) is 23.7 Å². The number of carbonyl (C=O) groups is 1. The first-order valence-corrected chi connectivity index (χ1v) is 11.2. The Balaban J connectivity index is 1.50. The third kappa shape index (κ3) is 4.89. The van der Waals surface area contributed by atoms with Gasteiger partial charge in [-0.1, -0.05) is 30.3 Å². The maximum absolute atomic E-state index is 12.6. The van der Waals surface area contributed by atoms with Crippen LogP contribution < -0.4 is 0 Å². The van der Waals surface area contributed by atoms with Crippen molar-refractivity contribution >= 4 is 12.0 Å². The highest BCUT2D eigenvalue weighted by atomic mass is 16.8. The summed E-state index contributed by atoms with van der Waals surface area (Å²) in [6.07, 6.45) is -3.29. The Morgan fingerprint density at radius 1 is 1.12 bits per heavy atom. The van der Waals surface area contributed by atoms with Crippen molar-refractivity contribution in [3.05, 3.63) is 54.3 Å². The molecule has 1 aromatic carbocycles. The van der Waals surface area contributed by atoms with E-state index in [1.54, 1.807) is 19.1 Å². The molecule has 2 aliphatic heterocycles. The molecule has 1 unspecified atom stereocenters. The Morgan fingerprint density at radius 2 is 1.85 bits per heavy atom. The first-order chi connectivity index (χ1) is 16.2. The summed E-state index contributed by atoms with van der Waals surface area (Å²) in [5.41, 5.74) is -0.368. The van der Waals surface area contributed by atoms with Crippen molar-refractivity contribution in [1.29, 1.82) is 0 Å². The Morgan fingerprint density at radius 3 is 2.56 bits per heavy atom. The van der Waals surface area contributed by atoms with Crippen molar-refractivity contribution < 1.29 is 49.3 Å². The molecule has 0 amide bonds. The number of carbonyl (C=O) groups excluding carboxylic acids is 1. The third-order valence-electron chi connectivity index (χ3n) is 6.65. The second kappa shape index (κ2) is 10.1. The average molecular weight is 478 g/mol. The molecule has 34 heavy (non-hydrogen) atoms. The zero-order valence-electron chi connectivity index (χ0n) is 18.6. The minimum Gasteiger partial charge on any atom is -0.472 e. The Kier molecular flexibility index (Phi) is 7.39. The van der Waals surface area contributed by atoms with E-state index in [4.69, 9.17) is 18.9 Å². The van der Waals surface area contributed by atoms with Crippen LogP contribution in [0.4, 0.5) is 0 Å². The van der Waals surface area contributed by atoms with Crippen LogP contribution in [0.3, 0.4) is 0 Å². The van der Waals surface area contributed by atoms with E-state index in [0.717, 1.165) is 5.56 Å². The van der Waals surface area contributed by atoms with Gasteiger partial charge in [0.1, 0.15) is 30.0 Å². The van der Waals surface area contributed by atoms with Crippen molar-refractivity contribution in [1.82, 2.24) is 0 Å². The van der Waals surface area contributed by atoms with Crippen LogP contribution >= 0.6 is 0 Å². The molecule has 4 rings (SSSR count). The van der Waals surface area contributed by atoms with Crippen LogP contribution in [0.25, 0.3) is 6.08 Å². The number of benzene rings is 1. The average Bonchev–Trinajstić information content (AvgIpc) is 3.09. The van der Waals surface area contributed by atoms with E-state index in [9.17, 15) is 30.3 Å². The molecule has 0 aromatic heterocycles. The maximum atomic E-state index is 12.6. The lowest BCUT2D eigenvalue weighted by molar-refractivity contribution is -0.346. The molecule has 10 atom stereocenters. The lowest BCUT2D eigenvalue weighted by Crippen LogP contribution is -2.60. The number of aliphatic hydroxyl groups excluding tert-OH is 5. The molecule has 1 saturated carbocycles. The first kappa shape index (κ1) is 24.8. The second-order valence-electron chi connectivity index (χ2n) is 9.02. The van der Waals surface area contributed by atoms with Gasteiger partial charge < -0.3 is 44.5 Å². The number of rotatable bonds is 6. The maximum Gasteiger partial charge on any atom is 0.331 e. The third-order valence-corrected chi connectivity index (χ3v) is 6.65. The van der Waals surface area contributed by atoms with Gasteiger partial charge in [-0.15, -0.1) is 0 Å². The van der Waals surface area contributed by atoms with Gasteiger partial charge in [0, 0.05) is 18.4 Å². The molecule has 0 spiro atoms. The SMILES string of the molecule is C[C@]1(OC(=O)/C=C/c2ccccc2)C[C@@H](O)C2C=CO[C@@H](O[C@@H]3O[C@H](CO)[C@@H](O)[C@H](O)[C@H]3O)[C@@H]21. The van der Waals surface area contributed by atoms with Crippen molar-refractivity contribution in [2.75, 3.05) is 6.61 Å². The van der Waals surface area contributed by atoms with Crippen molar-refractivity contribution in [3.63, 3.8) is 0 Å². The number of fused-ring (bicyclic) bond motifs is 1. The molecule has 2 heterocycles. The summed E-state index contributed by atoms with van der Waals surface area (Å²) in [4.78, 5) is 12.6. The van der Waals surface area contributed by atoms with Gasteiger partial charge in [0.15, 0.2) is 6.29 Å². The standard InChI is InChI=1S/C24H30O10/c1-24(34-17(27)8-7-13-5-3-2-4-6-13)11-15(26)14-9-10-31-22(18(14)24)33-23-21(30)20(29)19(28)16(12-25)32-23/h2-10,14-16,18-23,25-26,28-30H,11-12H2,1H3/b8-7+/t14?,15-,16-,18-,19-,20+,21-,22+,23+,24+/m1/s1. The van der Waals surface area contributed by atoms with Gasteiger partial charge in [0.2, 0.25) is 6.29 Å². The monoisotopic (exact) mass is 478 g/mol. The molecular weight excluding hydrogens is 448 g/mol. The van der Waals surface area contributed by atoms with E-state index in [1.165, 1.54) is 12.3 Å². The Hall–Kier alpha value is -2.31. The zero-order valence-corrected chi connectivity index (χ0v) is 18.6. The summed E-state index contributed by atoms with van der Waals surface area (Å²) in [6.45, 7) is 1.06. The van der Waals surface area contributed by atoms with Crippen molar-refractivity contribution in [2.45, 2.75) is 62.0 Å². The van der Waals surface area contributed by atoms with Gasteiger partial charge in [-0.05, 0) is 24.6 Å². The van der Waals surface area contributed by atoms with E-state index in [1.807, 2.05) is 30.3 Å². The molecule has 1 saturated heterocycles. The van der Waals surface area contributed by atoms with E-state index >= 15 is 0 Å². The second-order valence-corrected chi connectivity index (χ2v) is 9.02. The molecule has 1 aromatic rings. The lowest BCUT2D eigenvalue weighted by atomic mass is 9.84. The molecule has 10 heteroatoms. The summed E-state index contributed by atoms with van der Waals surface area (Å²) < 4.78 is 22.6. The van der Waals surface area contributed by atoms with E-state index < -0.39 is 73.1 Å². The lowest BCUT2D eigenvalue weighted by Gasteiger charge is -2.44. The smallest absolute Gasteiger partial charge is 0.331 e. The fraction of sp³-hybridized carbons (Fsp3) is 0.542. The predicted octanol–water partition coefficient (Wildman–Crippen LogP) is -0.315. The highest BCUT2D eigenvalue weighted by Gasteiger charge is 2.59. The van der Waals surface area contributed by atoms with Crippen LogP contribution in [-0.4, -0.2) is 86.8 Å². The Bertz CT molecular complexity index is 902. The van der Waals surface area contributed by atoms with E-state index in [0.29, 0.717) is 0 Å². The van der Waals surface area contributed by atoms with E-state index in [2.05, 4.69) is 0 Å². The van der Waals surface area contributed by atoms with Gasteiger partial charge in [-0.2, -0.15) is 0 Å².